The van der Waals surface area contributed by atoms with E-state index in [1.807, 2.05) is 0 Å². The summed E-state index contributed by atoms with van der Waals surface area (Å²) in [4.78, 5) is 14.4. The van der Waals surface area contributed by atoms with Gasteiger partial charge in [0.25, 0.3) is 5.78 Å². The minimum Gasteiger partial charge on any atom is -0.475 e. The molecule has 0 aliphatic rings. The topological polar surface area (TPSA) is 80.4 Å². The number of carboxylic acids is 1. The first-order chi connectivity index (χ1) is 6.18. The lowest BCUT2D eigenvalue weighted by molar-refractivity contribution is 0.0682. The molecule has 0 radical (unpaired) electrons. The molecule has 0 aromatic carbocycles. The second-order valence-electron chi connectivity index (χ2n) is 2.27. The highest BCUT2D eigenvalue weighted by molar-refractivity contribution is 6.30. The van der Waals surface area contributed by atoms with Gasteiger partial charge in [-0.2, -0.15) is 0 Å². The van der Waals surface area contributed by atoms with Gasteiger partial charge in [0.2, 0.25) is 5.82 Å². The van der Waals surface area contributed by atoms with Gasteiger partial charge in [-0.15, -0.1) is 10.2 Å². The van der Waals surface area contributed by atoms with Crippen LogP contribution in [0.1, 0.15) is 10.6 Å². The van der Waals surface area contributed by atoms with Crippen molar-refractivity contribution in [2.75, 3.05) is 0 Å². The number of carbonyl (C=O) groups is 1. The van der Waals surface area contributed by atoms with Gasteiger partial charge in [0.05, 0.1) is 11.2 Å². The first-order valence-electron chi connectivity index (χ1n) is 3.28. The third kappa shape index (κ3) is 1.20. The SMILES string of the molecule is O=C(O)c1nnc2ncc(Cl)cn12. The Kier molecular flexibility index (Phi) is 1.63. The maximum Gasteiger partial charge on any atom is 0.374 e. The smallest absolute Gasteiger partial charge is 0.374 e. The minimum atomic E-state index is -1.17. The third-order valence-corrected chi connectivity index (χ3v) is 1.62. The van der Waals surface area contributed by atoms with Gasteiger partial charge in [0.15, 0.2) is 0 Å². The molecule has 66 valence electrons. The number of halogens is 1. The van der Waals surface area contributed by atoms with Crippen molar-refractivity contribution in [1.29, 1.82) is 0 Å². The Labute approximate surface area is 76.8 Å². The summed E-state index contributed by atoms with van der Waals surface area (Å²) in [6, 6.07) is 0. The van der Waals surface area contributed by atoms with Crippen LogP contribution in [0.4, 0.5) is 0 Å². The van der Waals surface area contributed by atoms with E-state index in [1.54, 1.807) is 0 Å². The quantitative estimate of drug-likeness (QED) is 0.721. The first-order valence-corrected chi connectivity index (χ1v) is 3.66. The molecule has 2 heterocycles. The Morgan fingerprint density at radius 3 is 3.00 bits per heavy atom. The summed E-state index contributed by atoms with van der Waals surface area (Å²) < 4.78 is 1.21. The van der Waals surface area contributed by atoms with Gasteiger partial charge in [-0.3, -0.25) is 4.40 Å². The number of carboxylic acid groups (broad SMARTS) is 1. The van der Waals surface area contributed by atoms with Crippen molar-refractivity contribution in [3.05, 3.63) is 23.2 Å². The minimum absolute atomic E-state index is 0.204. The molecule has 0 aliphatic carbocycles. The molecule has 2 aromatic rings. The fourth-order valence-electron chi connectivity index (χ4n) is 0.912. The van der Waals surface area contributed by atoms with Crippen LogP contribution in [-0.4, -0.2) is 30.7 Å². The highest BCUT2D eigenvalue weighted by Crippen LogP contribution is 2.08. The maximum absolute atomic E-state index is 10.6. The molecule has 2 rings (SSSR count). The molecule has 6 nitrogen and oxygen atoms in total. The van der Waals surface area contributed by atoms with Gasteiger partial charge in [-0.05, 0) is 0 Å². The molecular weight excluding hydrogens is 196 g/mol. The molecule has 0 bridgehead atoms. The van der Waals surface area contributed by atoms with Gasteiger partial charge >= 0.3 is 5.97 Å². The third-order valence-electron chi connectivity index (χ3n) is 1.42. The zero-order valence-corrected chi connectivity index (χ0v) is 6.93. The van der Waals surface area contributed by atoms with Crippen LogP contribution < -0.4 is 0 Å². The van der Waals surface area contributed by atoms with Gasteiger partial charge in [-0.1, -0.05) is 11.6 Å². The zero-order valence-electron chi connectivity index (χ0n) is 6.18. The summed E-state index contributed by atoms with van der Waals surface area (Å²) in [5, 5.41) is 16.0. The van der Waals surface area contributed by atoms with Gasteiger partial charge in [0.1, 0.15) is 0 Å². The molecule has 1 N–H and O–H groups in total. The Hall–Kier alpha value is -1.69. The summed E-state index contributed by atoms with van der Waals surface area (Å²) in [5.41, 5.74) is 0. The zero-order chi connectivity index (χ0) is 9.42. The fraction of sp³-hybridized carbons (Fsp3) is 0. The van der Waals surface area contributed by atoms with Crippen LogP contribution in [0.15, 0.2) is 12.4 Å². The van der Waals surface area contributed by atoms with E-state index in [-0.39, 0.29) is 11.6 Å². The fourth-order valence-corrected chi connectivity index (χ4v) is 1.06. The van der Waals surface area contributed by atoms with E-state index < -0.39 is 5.97 Å². The lowest BCUT2D eigenvalue weighted by Gasteiger charge is -1.93. The van der Waals surface area contributed by atoms with E-state index in [2.05, 4.69) is 15.2 Å². The normalized spacial score (nSPS) is 10.5. The van der Waals surface area contributed by atoms with E-state index in [0.29, 0.717) is 5.02 Å². The summed E-state index contributed by atoms with van der Waals surface area (Å²) in [6.45, 7) is 0. The molecule has 7 heteroatoms. The first kappa shape index (κ1) is 7.93. The number of hydrogen-bond donors (Lipinski definition) is 1. The predicted octanol–water partition coefficient (Wildman–Crippen LogP) is 0.476. The van der Waals surface area contributed by atoms with E-state index >= 15 is 0 Å². The summed E-state index contributed by atoms with van der Waals surface area (Å²) in [5.74, 6) is -1.16. The number of rotatable bonds is 1. The largest absolute Gasteiger partial charge is 0.475 e. The molecule has 0 aliphatic heterocycles. The number of nitrogens with zero attached hydrogens (tertiary/aromatic N) is 4. The second kappa shape index (κ2) is 2.67. The van der Waals surface area contributed by atoms with Crippen molar-refractivity contribution in [1.82, 2.24) is 19.6 Å². The lowest BCUT2D eigenvalue weighted by atomic mass is 10.6. The monoisotopic (exact) mass is 198 g/mol. The van der Waals surface area contributed by atoms with Crippen molar-refractivity contribution in [2.45, 2.75) is 0 Å². The molecule has 0 saturated heterocycles. The molecule has 13 heavy (non-hydrogen) atoms. The Bertz CT molecular complexity index is 480. The van der Waals surface area contributed by atoms with Crippen LogP contribution in [0, 0.1) is 0 Å². The predicted molar refractivity (Wildman–Crippen MR) is 42.8 cm³/mol. The van der Waals surface area contributed by atoms with E-state index in [0.717, 1.165) is 0 Å². The molecular formula is C6H3ClN4O2. The number of aromatic nitrogens is 4. The van der Waals surface area contributed by atoms with Crippen LogP contribution in [0.25, 0.3) is 5.78 Å². The molecule has 0 unspecified atom stereocenters. The van der Waals surface area contributed by atoms with Crippen molar-refractivity contribution >= 4 is 23.3 Å². The average Bonchev–Trinajstić information content (AvgIpc) is 2.46. The van der Waals surface area contributed by atoms with Crippen molar-refractivity contribution in [3.63, 3.8) is 0 Å². The number of hydrogen-bond acceptors (Lipinski definition) is 4. The highest BCUT2D eigenvalue weighted by Gasteiger charge is 2.12. The Morgan fingerprint density at radius 2 is 2.31 bits per heavy atom. The van der Waals surface area contributed by atoms with Crippen LogP contribution in [0.5, 0.6) is 0 Å². The van der Waals surface area contributed by atoms with E-state index in [4.69, 9.17) is 16.7 Å². The Morgan fingerprint density at radius 1 is 1.54 bits per heavy atom. The number of fused-ring (bicyclic) bond motifs is 1. The van der Waals surface area contributed by atoms with Gasteiger partial charge < -0.3 is 5.11 Å². The van der Waals surface area contributed by atoms with Gasteiger partial charge in [0, 0.05) is 6.20 Å². The molecule has 2 aromatic heterocycles. The van der Waals surface area contributed by atoms with Gasteiger partial charge in [-0.25, -0.2) is 9.78 Å². The van der Waals surface area contributed by atoms with Crippen LogP contribution in [0.2, 0.25) is 5.02 Å². The molecule has 0 fully saturated rings. The van der Waals surface area contributed by atoms with Crippen molar-refractivity contribution < 1.29 is 9.90 Å². The second-order valence-corrected chi connectivity index (χ2v) is 2.71. The van der Waals surface area contributed by atoms with E-state index in [1.165, 1.54) is 16.8 Å². The standard InChI is InChI=1S/C6H3ClN4O2/c7-3-1-8-6-10-9-4(5(12)13)11(6)2-3/h1-2H,(H,12,13). The summed E-state index contributed by atoms with van der Waals surface area (Å²) in [7, 11) is 0. The lowest BCUT2D eigenvalue weighted by Crippen LogP contribution is -2.03. The maximum atomic E-state index is 10.6. The van der Waals surface area contributed by atoms with Crippen LogP contribution >= 0.6 is 11.6 Å². The average molecular weight is 199 g/mol. The van der Waals surface area contributed by atoms with Crippen molar-refractivity contribution in [3.8, 4) is 0 Å². The Balaban J connectivity index is 2.79. The van der Waals surface area contributed by atoms with E-state index in [9.17, 15) is 4.79 Å². The summed E-state index contributed by atoms with van der Waals surface area (Å²) >= 11 is 5.62. The summed E-state index contributed by atoms with van der Waals surface area (Å²) in [6.07, 6.45) is 2.77. The molecule has 0 amide bonds. The molecule has 0 saturated carbocycles. The van der Waals surface area contributed by atoms with Crippen molar-refractivity contribution in [2.24, 2.45) is 0 Å². The molecule has 0 atom stereocenters. The van der Waals surface area contributed by atoms with Crippen LogP contribution in [0.3, 0.4) is 0 Å². The highest BCUT2D eigenvalue weighted by atomic mass is 35.5. The van der Waals surface area contributed by atoms with Crippen LogP contribution in [-0.2, 0) is 0 Å². The molecule has 0 spiro atoms. The number of aromatic carboxylic acids is 1.